The molecule has 1 aliphatic rings. The van der Waals surface area contributed by atoms with Crippen molar-refractivity contribution < 1.29 is 0 Å². The molecule has 1 saturated heterocycles. The second kappa shape index (κ2) is 5.94. The highest BCUT2D eigenvalue weighted by atomic mass is 32.1. The van der Waals surface area contributed by atoms with E-state index < -0.39 is 0 Å². The van der Waals surface area contributed by atoms with Crippen LogP contribution in [0, 0.1) is 0 Å². The van der Waals surface area contributed by atoms with Crippen LogP contribution in [0.15, 0.2) is 5.38 Å². The third kappa shape index (κ3) is 3.27. The number of nitrogens with zero attached hydrogens (tertiary/aromatic N) is 2. The molecule has 1 aromatic rings. The number of piperidine rings is 1. The van der Waals surface area contributed by atoms with Gasteiger partial charge in [-0.3, -0.25) is 0 Å². The minimum absolute atomic E-state index is 0.0636. The van der Waals surface area contributed by atoms with Crippen LogP contribution in [-0.2, 0) is 6.42 Å². The number of thiazole rings is 1. The van der Waals surface area contributed by atoms with E-state index in [0.717, 1.165) is 18.7 Å². The predicted molar refractivity (Wildman–Crippen MR) is 73.3 cm³/mol. The lowest BCUT2D eigenvalue weighted by atomic mass is 10.00. The van der Waals surface area contributed by atoms with Gasteiger partial charge in [-0.2, -0.15) is 0 Å². The van der Waals surface area contributed by atoms with Gasteiger partial charge in [0.1, 0.15) is 0 Å². The Morgan fingerprint density at radius 3 is 3.06 bits per heavy atom. The number of likely N-dealkylation sites (N-methyl/N-ethyl adjacent to an activating group) is 1. The molecule has 1 aliphatic heterocycles. The van der Waals surface area contributed by atoms with E-state index in [9.17, 15) is 0 Å². The smallest absolute Gasteiger partial charge is 0.0944 e. The molecule has 2 unspecified atom stereocenters. The van der Waals surface area contributed by atoms with Crippen LogP contribution in [0.4, 0.5) is 0 Å². The zero-order chi connectivity index (χ0) is 12.3. The molecule has 96 valence electrons. The van der Waals surface area contributed by atoms with Gasteiger partial charge in [0.25, 0.3) is 0 Å². The van der Waals surface area contributed by atoms with E-state index in [1.54, 1.807) is 11.3 Å². The summed E-state index contributed by atoms with van der Waals surface area (Å²) in [4.78, 5) is 7.23. The quantitative estimate of drug-likeness (QED) is 0.897. The van der Waals surface area contributed by atoms with Gasteiger partial charge in [-0.15, -0.1) is 11.3 Å². The zero-order valence-electron chi connectivity index (χ0n) is 10.9. The second-order valence-electron chi connectivity index (χ2n) is 4.94. The van der Waals surface area contributed by atoms with E-state index in [4.69, 9.17) is 5.73 Å². The van der Waals surface area contributed by atoms with Gasteiger partial charge in [-0.05, 0) is 32.9 Å². The third-order valence-corrected chi connectivity index (χ3v) is 4.49. The fourth-order valence-electron chi connectivity index (χ4n) is 2.54. The summed E-state index contributed by atoms with van der Waals surface area (Å²) in [7, 11) is 0. The summed E-state index contributed by atoms with van der Waals surface area (Å²) in [6.45, 7) is 6.67. The molecule has 2 N–H and O–H groups in total. The van der Waals surface area contributed by atoms with Crippen LogP contribution in [-0.4, -0.2) is 29.0 Å². The summed E-state index contributed by atoms with van der Waals surface area (Å²) in [5.74, 6) is 0. The SMILES string of the molecule is CCN1CCCCC1Cc1nc(C(C)N)cs1. The lowest BCUT2D eigenvalue weighted by Crippen LogP contribution is -2.40. The molecule has 4 heteroatoms. The van der Waals surface area contributed by atoms with Gasteiger partial charge in [0, 0.05) is 23.9 Å². The van der Waals surface area contributed by atoms with Crippen LogP contribution in [0.2, 0.25) is 0 Å². The first kappa shape index (κ1) is 13.0. The van der Waals surface area contributed by atoms with Crippen LogP contribution in [0.5, 0.6) is 0 Å². The summed E-state index contributed by atoms with van der Waals surface area (Å²) in [6, 6.07) is 0.759. The molecule has 2 atom stereocenters. The Bertz CT molecular complexity index is 348. The lowest BCUT2D eigenvalue weighted by Gasteiger charge is -2.34. The van der Waals surface area contributed by atoms with Gasteiger partial charge in [0.2, 0.25) is 0 Å². The number of hydrogen-bond donors (Lipinski definition) is 1. The molecule has 0 saturated carbocycles. The highest BCUT2D eigenvalue weighted by Gasteiger charge is 2.22. The van der Waals surface area contributed by atoms with Gasteiger partial charge >= 0.3 is 0 Å². The normalized spacial score (nSPS) is 23.8. The van der Waals surface area contributed by atoms with Gasteiger partial charge in [0.05, 0.1) is 10.7 Å². The summed E-state index contributed by atoms with van der Waals surface area (Å²) in [5.41, 5.74) is 6.89. The van der Waals surface area contributed by atoms with Crippen molar-refractivity contribution in [3.8, 4) is 0 Å². The Labute approximate surface area is 108 Å². The molecule has 0 spiro atoms. The molecule has 0 radical (unpaired) electrons. The number of nitrogens with two attached hydrogens (primary N) is 1. The Hall–Kier alpha value is -0.450. The molecule has 0 bridgehead atoms. The number of likely N-dealkylation sites (tertiary alicyclic amines) is 1. The lowest BCUT2D eigenvalue weighted by molar-refractivity contribution is 0.155. The molecule has 3 nitrogen and oxygen atoms in total. The van der Waals surface area contributed by atoms with Gasteiger partial charge in [0.15, 0.2) is 0 Å². The maximum atomic E-state index is 5.85. The Kier molecular flexibility index (Phi) is 4.54. The van der Waals surface area contributed by atoms with Crippen LogP contribution in [0.25, 0.3) is 0 Å². The molecular formula is C13H23N3S. The average molecular weight is 253 g/mol. The van der Waals surface area contributed by atoms with E-state index in [0.29, 0.717) is 6.04 Å². The minimum atomic E-state index is 0.0636. The van der Waals surface area contributed by atoms with Crippen molar-refractivity contribution in [3.05, 3.63) is 16.1 Å². The minimum Gasteiger partial charge on any atom is -0.323 e. The molecule has 17 heavy (non-hydrogen) atoms. The molecule has 2 rings (SSSR count). The van der Waals surface area contributed by atoms with E-state index in [-0.39, 0.29) is 6.04 Å². The van der Waals surface area contributed by atoms with Crippen LogP contribution in [0.3, 0.4) is 0 Å². The summed E-state index contributed by atoms with van der Waals surface area (Å²) in [6.07, 6.45) is 5.14. The molecule has 1 aromatic heterocycles. The zero-order valence-corrected chi connectivity index (χ0v) is 11.7. The topological polar surface area (TPSA) is 42.2 Å². The van der Waals surface area contributed by atoms with Gasteiger partial charge < -0.3 is 10.6 Å². The monoisotopic (exact) mass is 253 g/mol. The number of hydrogen-bond acceptors (Lipinski definition) is 4. The van der Waals surface area contributed by atoms with E-state index in [1.807, 2.05) is 6.92 Å². The summed E-state index contributed by atoms with van der Waals surface area (Å²) >= 11 is 1.77. The first-order chi connectivity index (χ1) is 8.20. The largest absolute Gasteiger partial charge is 0.323 e. The van der Waals surface area contributed by atoms with Gasteiger partial charge in [-0.1, -0.05) is 13.3 Å². The van der Waals surface area contributed by atoms with Crippen LogP contribution in [0.1, 0.15) is 49.9 Å². The third-order valence-electron chi connectivity index (χ3n) is 3.60. The van der Waals surface area contributed by atoms with Crippen molar-refractivity contribution in [3.63, 3.8) is 0 Å². The number of rotatable bonds is 4. The van der Waals surface area contributed by atoms with Crippen molar-refractivity contribution in [2.75, 3.05) is 13.1 Å². The maximum absolute atomic E-state index is 5.85. The first-order valence-electron chi connectivity index (χ1n) is 6.64. The molecule has 0 amide bonds. The molecule has 1 fully saturated rings. The van der Waals surface area contributed by atoms with E-state index in [2.05, 4.69) is 22.2 Å². The molecular weight excluding hydrogens is 230 g/mol. The van der Waals surface area contributed by atoms with Crippen molar-refractivity contribution in [1.82, 2.24) is 9.88 Å². The summed E-state index contributed by atoms with van der Waals surface area (Å²) in [5, 5.41) is 3.36. The summed E-state index contributed by atoms with van der Waals surface area (Å²) < 4.78 is 0. The molecule has 0 aliphatic carbocycles. The average Bonchev–Trinajstić information content (AvgIpc) is 2.78. The van der Waals surface area contributed by atoms with E-state index in [1.165, 1.54) is 30.8 Å². The van der Waals surface area contributed by atoms with Crippen LogP contribution >= 0.6 is 11.3 Å². The van der Waals surface area contributed by atoms with E-state index >= 15 is 0 Å². The Morgan fingerprint density at radius 1 is 1.59 bits per heavy atom. The first-order valence-corrected chi connectivity index (χ1v) is 7.52. The van der Waals surface area contributed by atoms with Crippen molar-refractivity contribution in [2.24, 2.45) is 5.73 Å². The van der Waals surface area contributed by atoms with Crippen LogP contribution < -0.4 is 5.73 Å². The predicted octanol–water partition coefficient (Wildman–Crippen LogP) is 2.58. The van der Waals surface area contributed by atoms with Gasteiger partial charge in [-0.25, -0.2) is 4.98 Å². The van der Waals surface area contributed by atoms with Crippen molar-refractivity contribution in [2.45, 2.75) is 51.6 Å². The molecule has 0 aromatic carbocycles. The fraction of sp³-hybridized carbons (Fsp3) is 0.769. The van der Waals surface area contributed by atoms with Crippen molar-refractivity contribution >= 4 is 11.3 Å². The van der Waals surface area contributed by atoms with Crippen molar-refractivity contribution in [1.29, 1.82) is 0 Å². The maximum Gasteiger partial charge on any atom is 0.0944 e. The standard InChI is InChI=1S/C13H23N3S/c1-3-16-7-5-4-6-11(16)8-13-15-12(9-17-13)10(2)14/h9-11H,3-8,14H2,1-2H3. The highest BCUT2D eigenvalue weighted by Crippen LogP contribution is 2.23. The number of aromatic nitrogens is 1. The Balaban J connectivity index is 1.98. The Morgan fingerprint density at radius 2 is 2.41 bits per heavy atom. The highest BCUT2D eigenvalue weighted by molar-refractivity contribution is 7.09. The molecule has 2 heterocycles. The second-order valence-corrected chi connectivity index (χ2v) is 5.88. The fourth-order valence-corrected chi connectivity index (χ4v) is 3.51.